The highest BCUT2D eigenvalue weighted by Gasteiger charge is 2.32. The van der Waals surface area contributed by atoms with Gasteiger partial charge in [0.2, 0.25) is 0 Å². The molecule has 0 bridgehead atoms. The fourth-order valence-corrected chi connectivity index (χ4v) is 1.49. The highest BCUT2D eigenvalue weighted by atomic mass is 16.5. The van der Waals surface area contributed by atoms with Crippen molar-refractivity contribution >= 4 is 0 Å². The lowest BCUT2D eigenvalue weighted by Gasteiger charge is -2.21. The third kappa shape index (κ3) is 1.72. The van der Waals surface area contributed by atoms with Crippen molar-refractivity contribution in [3.63, 3.8) is 0 Å². The summed E-state index contributed by atoms with van der Waals surface area (Å²) in [6, 6.07) is 0. The van der Waals surface area contributed by atoms with E-state index in [9.17, 15) is 0 Å². The number of hydrogen-bond donors (Lipinski definition) is 0. The summed E-state index contributed by atoms with van der Waals surface area (Å²) in [5.41, 5.74) is 0.148. The van der Waals surface area contributed by atoms with Crippen molar-refractivity contribution in [3.8, 4) is 0 Å². The Balaban J connectivity index is 2.43. The SMILES string of the molecule is CC(C)C1CCC(C)(C)O1. The van der Waals surface area contributed by atoms with Crippen LogP contribution in [0.3, 0.4) is 0 Å². The van der Waals surface area contributed by atoms with Gasteiger partial charge in [-0.15, -0.1) is 0 Å². The van der Waals surface area contributed by atoms with Crippen LogP contribution in [0.2, 0.25) is 0 Å². The Hall–Kier alpha value is -0.0400. The van der Waals surface area contributed by atoms with Gasteiger partial charge in [0.05, 0.1) is 11.7 Å². The minimum atomic E-state index is 0.148. The molecule has 1 unspecified atom stereocenters. The predicted molar refractivity (Wildman–Crippen MR) is 43.0 cm³/mol. The Bertz CT molecular complexity index is 116. The Morgan fingerprint density at radius 3 is 2.20 bits per heavy atom. The monoisotopic (exact) mass is 142 g/mol. The van der Waals surface area contributed by atoms with Gasteiger partial charge in [-0.1, -0.05) is 13.8 Å². The Morgan fingerprint density at radius 1 is 1.40 bits per heavy atom. The molecule has 0 aromatic rings. The summed E-state index contributed by atoms with van der Waals surface area (Å²) >= 11 is 0. The number of ether oxygens (including phenoxy) is 1. The van der Waals surface area contributed by atoms with E-state index in [0.717, 1.165) is 0 Å². The largest absolute Gasteiger partial charge is 0.372 e. The lowest BCUT2D eigenvalue weighted by Crippen LogP contribution is -2.22. The van der Waals surface area contributed by atoms with E-state index in [2.05, 4.69) is 27.7 Å². The summed E-state index contributed by atoms with van der Waals surface area (Å²) in [4.78, 5) is 0. The van der Waals surface area contributed by atoms with Crippen molar-refractivity contribution in [3.05, 3.63) is 0 Å². The van der Waals surface area contributed by atoms with Gasteiger partial charge in [-0.2, -0.15) is 0 Å². The molecule has 1 saturated heterocycles. The lowest BCUT2D eigenvalue weighted by molar-refractivity contribution is -0.0340. The van der Waals surface area contributed by atoms with Gasteiger partial charge in [0.1, 0.15) is 0 Å². The van der Waals surface area contributed by atoms with Crippen molar-refractivity contribution in [2.24, 2.45) is 5.92 Å². The van der Waals surface area contributed by atoms with Gasteiger partial charge in [0.25, 0.3) is 0 Å². The summed E-state index contributed by atoms with van der Waals surface area (Å²) < 4.78 is 5.81. The van der Waals surface area contributed by atoms with Crippen molar-refractivity contribution < 1.29 is 4.74 Å². The maximum absolute atomic E-state index is 5.81. The van der Waals surface area contributed by atoms with Crippen LogP contribution in [0, 0.1) is 5.92 Å². The first-order valence-corrected chi connectivity index (χ1v) is 4.19. The van der Waals surface area contributed by atoms with Gasteiger partial charge in [-0.25, -0.2) is 0 Å². The number of rotatable bonds is 1. The quantitative estimate of drug-likeness (QED) is 0.547. The van der Waals surface area contributed by atoms with Crippen LogP contribution < -0.4 is 0 Å². The first-order valence-electron chi connectivity index (χ1n) is 4.19. The molecule has 0 aromatic carbocycles. The van der Waals surface area contributed by atoms with Gasteiger partial charge in [-0.3, -0.25) is 0 Å². The first-order chi connectivity index (χ1) is 4.51. The average Bonchev–Trinajstić information content (AvgIpc) is 2.10. The smallest absolute Gasteiger partial charge is 0.0631 e. The van der Waals surface area contributed by atoms with Crippen molar-refractivity contribution in [2.45, 2.75) is 52.2 Å². The summed E-state index contributed by atoms with van der Waals surface area (Å²) in [5, 5.41) is 0. The fourth-order valence-electron chi connectivity index (χ4n) is 1.49. The Morgan fingerprint density at radius 2 is 2.00 bits per heavy atom. The third-order valence-corrected chi connectivity index (χ3v) is 2.24. The van der Waals surface area contributed by atoms with Crippen LogP contribution >= 0.6 is 0 Å². The summed E-state index contributed by atoms with van der Waals surface area (Å²) in [6.45, 7) is 8.81. The van der Waals surface area contributed by atoms with Gasteiger partial charge in [0.15, 0.2) is 0 Å². The lowest BCUT2D eigenvalue weighted by atomic mass is 10.0. The molecule has 1 nitrogen and oxygen atoms in total. The summed E-state index contributed by atoms with van der Waals surface area (Å²) in [5.74, 6) is 0.682. The second-order valence-corrected chi connectivity index (χ2v) is 4.20. The van der Waals surface area contributed by atoms with Crippen LogP contribution in [-0.2, 0) is 4.74 Å². The van der Waals surface area contributed by atoms with Crippen molar-refractivity contribution in [1.82, 2.24) is 0 Å². The zero-order valence-corrected chi connectivity index (χ0v) is 7.48. The molecule has 1 heterocycles. The van der Waals surface area contributed by atoms with Crippen LogP contribution in [0.5, 0.6) is 0 Å². The average molecular weight is 142 g/mol. The van der Waals surface area contributed by atoms with E-state index in [-0.39, 0.29) is 5.60 Å². The molecule has 1 atom stereocenters. The molecule has 0 aliphatic carbocycles. The zero-order valence-electron chi connectivity index (χ0n) is 7.48. The molecule has 0 spiro atoms. The second-order valence-electron chi connectivity index (χ2n) is 4.20. The molecule has 0 amide bonds. The molecule has 0 aromatic heterocycles. The van der Waals surface area contributed by atoms with E-state index in [1.165, 1.54) is 12.8 Å². The molecule has 1 aliphatic heterocycles. The minimum absolute atomic E-state index is 0.148. The Labute approximate surface area is 63.8 Å². The molecule has 1 fully saturated rings. The summed E-state index contributed by atoms with van der Waals surface area (Å²) in [6.07, 6.45) is 2.97. The van der Waals surface area contributed by atoms with Crippen LogP contribution in [0.4, 0.5) is 0 Å². The fraction of sp³-hybridized carbons (Fsp3) is 1.00. The van der Waals surface area contributed by atoms with Crippen molar-refractivity contribution in [2.75, 3.05) is 0 Å². The van der Waals surface area contributed by atoms with E-state index in [4.69, 9.17) is 4.74 Å². The highest BCUT2D eigenvalue weighted by Crippen LogP contribution is 2.32. The molecule has 60 valence electrons. The summed E-state index contributed by atoms with van der Waals surface area (Å²) in [7, 11) is 0. The van der Waals surface area contributed by atoms with Gasteiger partial charge in [0, 0.05) is 0 Å². The van der Waals surface area contributed by atoms with E-state index < -0.39 is 0 Å². The minimum Gasteiger partial charge on any atom is -0.372 e. The molecule has 0 N–H and O–H groups in total. The molecule has 1 rings (SSSR count). The molecule has 0 radical (unpaired) electrons. The molecular weight excluding hydrogens is 124 g/mol. The van der Waals surface area contributed by atoms with E-state index in [0.29, 0.717) is 12.0 Å². The molecule has 1 heteroatoms. The van der Waals surface area contributed by atoms with Crippen molar-refractivity contribution in [1.29, 1.82) is 0 Å². The van der Waals surface area contributed by atoms with Gasteiger partial charge in [-0.05, 0) is 32.6 Å². The zero-order chi connectivity index (χ0) is 7.78. The number of hydrogen-bond acceptors (Lipinski definition) is 1. The highest BCUT2D eigenvalue weighted by molar-refractivity contribution is 4.81. The molecule has 1 aliphatic rings. The molecule has 10 heavy (non-hydrogen) atoms. The predicted octanol–water partition coefficient (Wildman–Crippen LogP) is 2.60. The van der Waals surface area contributed by atoms with Crippen LogP contribution in [0.1, 0.15) is 40.5 Å². The third-order valence-electron chi connectivity index (χ3n) is 2.24. The van der Waals surface area contributed by atoms with Crippen LogP contribution in [-0.4, -0.2) is 11.7 Å². The molecular formula is C9H18O. The maximum atomic E-state index is 5.81. The molecule has 0 saturated carbocycles. The van der Waals surface area contributed by atoms with E-state index in [1.54, 1.807) is 0 Å². The van der Waals surface area contributed by atoms with E-state index >= 15 is 0 Å². The van der Waals surface area contributed by atoms with Crippen LogP contribution in [0.25, 0.3) is 0 Å². The standard InChI is InChI=1S/C9H18O/c1-7(2)8-5-6-9(3,4)10-8/h7-8H,5-6H2,1-4H3. The van der Waals surface area contributed by atoms with E-state index in [1.807, 2.05) is 0 Å². The second kappa shape index (κ2) is 2.54. The van der Waals surface area contributed by atoms with Crippen LogP contribution in [0.15, 0.2) is 0 Å². The first kappa shape index (κ1) is 8.06. The Kier molecular flexibility index (Phi) is 2.04. The maximum Gasteiger partial charge on any atom is 0.0631 e. The van der Waals surface area contributed by atoms with Gasteiger partial charge >= 0.3 is 0 Å². The normalized spacial score (nSPS) is 31.5. The topological polar surface area (TPSA) is 9.23 Å². The van der Waals surface area contributed by atoms with Gasteiger partial charge < -0.3 is 4.74 Å².